The highest BCUT2D eigenvalue weighted by Gasteiger charge is 2.06. The minimum absolute atomic E-state index is 0.0778. The number of fused-ring (bicyclic) bond motifs is 1. The van der Waals surface area contributed by atoms with Crippen LogP contribution in [0.2, 0.25) is 0 Å². The Balaban J connectivity index is 2.10. The molecule has 0 amide bonds. The van der Waals surface area contributed by atoms with Crippen LogP contribution in [0.5, 0.6) is 11.5 Å². The summed E-state index contributed by atoms with van der Waals surface area (Å²) >= 11 is 0. The Labute approximate surface area is 117 Å². The zero-order chi connectivity index (χ0) is 14.5. The molecule has 0 aliphatic heterocycles. The molecule has 0 saturated heterocycles. The van der Waals surface area contributed by atoms with Gasteiger partial charge in [0.25, 0.3) is 0 Å². The summed E-state index contributed by atoms with van der Waals surface area (Å²) in [5.74, 6) is 0.546. The van der Waals surface area contributed by atoms with Crippen LogP contribution >= 0.6 is 0 Å². The van der Waals surface area contributed by atoms with Gasteiger partial charge < -0.3 is 19.2 Å². The van der Waals surface area contributed by atoms with Crippen molar-refractivity contribution in [3.05, 3.63) is 34.7 Å². The summed E-state index contributed by atoms with van der Waals surface area (Å²) in [5.41, 5.74) is -0.245. The van der Waals surface area contributed by atoms with Crippen molar-refractivity contribution >= 4 is 11.0 Å². The van der Waals surface area contributed by atoms with Crippen molar-refractivity contribution in [1.29, 1.82) is 0 Å². The SMILES string of the molecule is CCN(CC)CCOc1ccc2c(O)cc(=O)oc2c1. The zero-order valence-corrected chi connectivity index (χ0v) is 11.8. The van der Waals surface area contributed by atoms with E-state index in [0.29, 0.717) is 23.3 Å². The molecular weight excluding hydrogens is 258 g/mol. The van der Waals surface area contributed by atoms with Gasteiger partial charge in [0.2, 0.25) is 0 Å². The first-order chi connectivity index (χ1) is 9.63. The Kier molecular flexibility index (Phi) is 4.63. The van der Waals surface area contributed by atoms with E-state index in [1.165, 1.54) is 0 Å². The molecule has 1 aromatic carbocycles. The van der Waals surface area contributed by atoms with Crippen LogP contribution in [0.4, 0.5) is 0 Å². The summed E-state index contributed by atoms with van der Waals surface area (Å²) in [7, 11) is 0. The number of benzene rings is 1. The highest BCUT2D eigenvalue weighted by atomic mass is 16.5. The number of aromatic hydroxyl groups is 1. The average Bonchev–Trinajstić information content (AvgIpc) is 2.43. The molecule has 0 aliphatic carbocycles. The van der Waals surface area contributed by atoms with E-state index >= 15 is 0 Å². The van der Waals surface area contributed by atoms with Gasteiger partial charge in [-0.3, -0.25) is 0 Å². The molecule has 0 bridgehead atoms. The van der Waals surface area contributed by atoms with Crippen molar-refractivity contribution < 1.29 is 14.3 Å². The standard InChI is InChI=1S/C15H19NO4/c1-3-16(4-2)7-8-19-11-5-6-12-13(17)10-15(18)20-14(12)9-11/h5-6,9-10,17H,3-4,7-8H2,1-2H3. The van der Waals surface area contributed by atoms with Crippen LogP contribution in [0.15, 0.2) is 33.5 Å². The highest BCUT2D eigenvalue weighted by Crippen LogP contribution is 2.26. The zero-order valence-electron chi connectivity index (χ0n) is 11.8. The molecule has 0 radical (unpaired) electrons. The second-order valence-corrected chi connectivity index (χ2v) is 4.48. The molecule has 0 spiro atoms. The number of rotatable bonds is 6. The third kappa shape index (κ3) is 3.30. The molecule has 0 atom stereocenters. The Morgan fingerprint density at radius 2 is 2.00 bits per heavy atom. The molecule has 108 valence electrons. The summed E-state index contributed by atoms with van der Waals surface area (Å²) in [5, 5.41) is 10.1. The monoisotopic (exact) mass is 277 g/mol. The van der Waals surface area contributed by atoms with Crippen molar-refractivity contribution in [3.8, 4) is 11.5 Å². The quantitative estimate of drug-likeness (QED) is 0.820. The van der Waals surface area contributed by atoms with Crippen LogP contribution in [0.1, 0.15) is 13.8 Å². The molecule has 1 heterocycles. The lowest BCUT2D eigenvalue weighted by Crippen LogP contribution is -2.27. The normalized spacial score (nSPS) is 11.2. The molecule has 0 fully saturated rings. The first kappa shape index (κ1) is 14.4. The molecule has 0 saturated carbocycles. The molecule has 20 heavy (non-hydrogen) atoms. The molecule has 2 rings (SSSR count). The summed E-state index contributed by atoms with van der Waals surface area (Å²) < 4.78 is 10.7. The summed E-state index contributed by atoms with van der Waals surface area (Å²) in [6.07, 6.45) is 0. The lowest BCUT2D eigenvalue weighted by atomic mass is 10.2. The van der Waals surface area contributed by atoms with E-state index in [4.69, 9.17) is 9.15 Å². The van der Waals surface area contributed by atoms with Crippen LogP contribution in [-0.4, -0.2) is 36.2 Å². The van der Waals surface area contributed by atoms with Gasteiger partial charge in [0.15, 0.2) is 0 Å². The van der Waals surface area contributed by atoms with Crippen molar-refractivity contribution in [2.75, 3.05) is 26.2 Å². The molecular formula is C15H19NO4. The smallest absolute Gasteiger partial charge is 0.339 e. The van der Waals surface area contributed by atoms with Crippen molar-refractivity contribution in [2.24, 2.45) is 0 Å². The van der Waals surface area contributed by atoms with Crippen molar-refractivity contribution in [1.82, 2.24) is 4.90 Å². The summed E-state index contributed by atoms with van der Waals surface area (Å²) in [6.45, 7) is 7.60. The molecule has 1 aromatic heterocycles. The van der Waals surface area contributed by atoms with Gasteiger partial charge in [0.1, 0.15) is 23.7 Å². The van der Waals surface area contributed by atoms with Gasteiger partial charge in [-0.2, -0.15) is 0 Å². The van der Waals surface area contributed by atoms with E-state index in [2.05, 4.69) is 18.7 Å². The third-order valence-electron chi connectivity index (χ3n) is 3.26. The van der Waals surface area contributed by atoms with Gasteiger partial charge in [-0.25, -0.2) is 4.79 Å². The maximum atomic E-state index is 11.2. The third-order valence-corrected chi connectivity index (χ3v) is 3.26. The van der Waals surface area contributed by atoms with E-state index in [-0.39, 0.29) is 5.75 Å². The van der Waals surface area contributed by atoms with Gasteiger partial charge in [-0.1, -0.05) is 13.8 Å². The second-order valence-electron chi connectivity index (χ2n) is 4.48. The largest absolute Gasteiger partial charge is 0.507 e. The topological polar surface area (TPSA) is 62.9 Å². The van der Waals surface area contributed by atoms with E-state index in [1.807, 2.05) is 0 Å². The first-order valence-corrected chi connectivity index (χ1v) is 6.76. The van der Waals surface area contributed by atoms with Gasteiger partial charge in [-0.05, 0) is 25.2 Å². The number of nitrogens with zero attached hydrogens (tertiary/aromatic N) is 1. The van der Waals surface area contributed by atoms with Crippen LogP contribution in [-0.2, 0) is 0 Å². The van der Waals surface area contributed by atoms with E-state index in [0.717, 1.165) is 25.7 Å². The average molecular weight is 277 g/mol. The summed E-state index contributed by atoms with van der Waals surface area (Å²) in [4.78, 5) is 13.5. The van der Waals surface area contributed by atoms with Gasteiger partial charge in [0, 0.05) is 12.6 Å². The first-order valence-electron chi connectivity index (χ1n) is 6.76. The van der Waals surface area contributed by atoms with Crippen LogP contribution in [0.25, 0.3) is 11.0 Å². The Morgan fingerprint density at radius 1 is 1.25 bits per heavy atom. The Morgan fingerprint density at radius 3 is 2.70 bits per heavy atom. The number of ether oxygens (including phenoxy) is 1. The molecule has 2 aromatic rings. The van der Waals surface area contributed by atoms with Crippen LogP contribution in [0, 0.1) is 0 Å². The lowest BCUT2D eigenvalue weighted by Gasteiger charge is -2.18. The highest BCUT2D eigenvalue weighted by molar-refractivity contribution is 5.83. The fourth-order valence-corrected chi connectivity index (χ4v) is 2.05. The summed E-state index contributed by atoms with van der Waals surface area (Å²) in [6, 6.07) is 6.12. The molecule has 5 heteroatoms. The minimum Gasteiger partial charge on any atom is -0.507 e. The fourth-order valence-electron chi connectivity index (χ4n) is 2.05. The van der Waals surface area contributed by atoms with Crippen LogP contribution < -0.4 is 10.4 Å². The molecule has 5 nitrogen and oxygen atoms in total. The molecule has 0 aliphatic rings. The number of likely N-dealkylation sites (N-methyl/N-ethyl adjacent to an activating group) is 1. The van der Waals surface area contributed by atoms with E-state index < -0.39 is 5.63 Å². The van der Waals surface area contributed by atoms with E-state index in [1.54, 1.807) is 18.2 Å². The van der Waals surface area contributed by atoms with Crippen LogP contribution in [0.3, 0.4) is 0 Å². The van der Waals surface area contributed by atoms with Crippen molar-refractivity contribution in [3.63, 3.8) is 0 Å². The number of hydrogen-bond acceptors (Lipinski definition) is 5. The lowest BCUT2D eigenvalue weighted by molar-refractivity contribution is 0.223. The Bertz CT molecular complexity index is 631. The predicted octanol–water partition coefficient (Wildman–Crippen LogP) is 2.22. The molecule has 0 unspecified atom stereocenters. The second kappa shape index (κ2) is 6.43. The number of hydrogen-bond donors (Lipinski definition) is 1. The van der Waals surface area contributed by atoms with Gasteiger partial charge in [-0.15, -0.1) is 0 Å². The minimum atomic E-state index is -0.574. The maximum absolute atomic E-state index is 11.2. The van der Waals surface area contributed by atoms with Crippen molar-refractivity contribution in [2.45, 2.75) is 13.8 Å². The Hall–Kier alpha value is -2.01. The van der Waals surface area contributed by atoms with Gasteiger partial charge >= 0.3 is 5.63 Å². The van der Waals surface area contributed by atoms with E-state index in [9.17, 15) is 9.90 Å². The molecule has 1 N–H and O–H groups in total. The maximum Gasteiger partial charge on any atom is 0.339 e. The fraction of sp³-hybridized carbons (Fsp3) is 0.400. The predicted molar refractivity (Wildman–Crippen MR) is 77.4 cm³/mol. The van der Waals surface area contributed by atoms with Gasteiger partial charge in [0.05, 0.1) is 11.5 Å².